The van der Waals surface area contributed by atoms with E-state index < -0.39 is 11.8 Å². The third-order valence-electron chi connectivity index (χ3n) is 1.17. The normalized spacial score (nSPS) is 9.83. The van der Waals surface area contributed by atoms with Gasteiger partial charge in [0, 0.05) is 13.5 Å². The van der Waals surface area contributed by atoms with Crippen LogP contribution < -0.4 is 11.1 Å². The maximum absolute atomic E-state index is 11.0. The zero-order valence-corrected chi connectivity index (χ0v) is 6.83. The molecule has 0 aromatic carbocycles. The van der Waals surface area contributed by atoms with Crippen LogP contribution in [0.3, 0.4) is 0 Å². The Hall–Kier alpha value is -1.59. The van der Waals surface area contributed by atoms with Gasteiger partial charge in [0.2, 0.25) is 5.89 Å². The maximum Gasteiger partial charge on any atom is 0.446 e. The van der Waals surface area contributed by atoms with Gasteiger partial charge < -0.3 is 9.73 Å². The molecule has 12 heavy (non-hydrogen) atoms. The minimum atomic E-state index is -0.765. The molecule has 0 bridgehead atoms. The van der Waals surface area contributed by atoms with Crippen molar-refractivity contribution in [2.45, 2.75) is 13.8 Å². The van der Waals surface area contributed by atoms with Crippen molar-refractivity contribution in [3.8, 4) is 0 Å². The van der Waals surface area contributed by atoms with Gasteiger partial charge in [-0.3, -0.25) is 0 Å². The molecule has 66 valence electrons. The second-order valence-electron chi connectivity index (χ2n) is 2.13. The van der Waals surface area contributed by atoms with Crippen LogP contribution in [0.15, 0.2) is 9.21 Å². The first-order chi connectivity index (χ1) is 5.65. The van der Waals surface area contributed by atoms with Gasteiger partial charge in [-0.05, 0) is 6.92 Å². The summed E-state index contributed by atoms with van der Waals surface area (Å²) in [5.41, 5.74) is 0. The summed E-state index contributed by atoms with van der Waals surface area (Å²) >= 11 is 0. The second-order valence-corrected chi connectivity index (χ2v) is 2.13. The Kier molecular flexibility index (Phi) is 2.27. The first-order valence-corrected chi connectivity index (χ1v) is 3.50. The molecular weight excluding hydrogens is 162 g/mol. The average Bonchev–Trinajstić information content (AvgIpc) is 2.30. The van der Waals surface area contributed by atoms with Crippen molar-refractivity contribution in [2.24, 2.45) is 0 Å². The van der Waals surface area contributed by atoms with Crippen LogP contribution in [0.1, 0.15) is 12.8 Å². The Bertz CT molecular complexity index is 338. The number of hydrogen-bond donors (Lipinski definition) is 1. The van der Waals surface area contributed by atoms with E-state index in [0.29, 0.717) is 11.2 Å². The fraction of sp³-hybridized carbons (Fsp3) is 0.500. The van der Waals surface area contributed by atoms with Crippen LogP contribution in [-0.2, 0) is 0 Å². The van der Waals surface area contributed by atoms with Crippen LogP contribution in [0.25, 0.3) is 0 Å². The summed E-state index contributed by atoms with van der Waals surface area (Å²) in [7, 11) is 0. The lowest BCUT2D eigenvalue weighted by Crippen LogP contribution is -2.34. The Labute approximate surface area is 68.2 Å². The lowest BCUT2D eigenvalue weighted by atomic mass is 10.7. The van der Waals surface area contributed by atoms with E-state index in [-0.39, 0.29) is 5.89 Å². The average molecular weight is 171 g/mol. The summed E-state index contributed by atoms with van der Waals surface area (Å²) in [6.07, 6.45) is 0. The summed E-state index contributed by atoms with van der Waals surface area (Å²) < 4.78 is 5.17. The largest absolute Gasteiger partial charge is 0.446 e. The van der Waals surface area contributed by atoms with Crippen molar-refractivity contribution in [1.29, 1.82) is 0 Å². The first kappa shape index (κ1) is 8.51. The van der Waals surface area contributed by atoms with Crippen LogP contribution in [0, 0.1) is 6.92 Å². The van der Waals surface area contributed by atoms with Gasteiger partial charge in [0.25, 0.3) is 0 Å². The van der Waals surface area contributed by atoms with Crippen molar-refractivity contribution >= 4 is 6.03 Å². The van der Waals surface area contributed by atoms with Gasteiger partial charge in [-0.15, -0.1) is 9.78 Å². The molecule has 0 saturated heterocycles. The van der Waals surface area contributed by atoms with Gasteiger partial charge in [-0.2, -0.15) is 0 Å². The molecule has 1 aromatic rings. The molecule has 0 atom stereocenters. The minimum absolute atomic E-state index is 0.172. The highest BCUT2D eigenvalue weighted by molar-refractivity contribution is 5.75. The summed E-state index contributed by atoms with van der Waals surface area (Å²) in [5.74, 6) is -0.593. The SMILES string of the molecule is CCNC(=O)n1nc(C)oc1=O. The highest BCUT2D eigenvalue weighted by atomic mass is 16.4. The molecule has 6 nitrogen and oxygen atoms in total. The fourth-order valence-electron chi connectivity index (χ4n) is 0.726. The predicted molar refractivity (Wildman–Crippen MR) is 40.0 cm³/mol. The molecule has 1 rings (SSSR count). The summed E-state index contributed by atoms with van der Waals surface area (Å²) in [4.78, 5) is 21.8. The van der Waals surface area contributed by atoms with Gasteiger partial charge in [0.15, 0.2) is 0 Å². The number of carbonyl (C=O) groups excluding carboxylic acids is 1. The third-order valence-corrected chi connectivity index (χ3v) is 1.17. The zero-order valence-electron chi connectivity index (χ0n) is 6.83. The maximum atomic E-state index is 11.0. The smallest absolute Gasteiger partial charge is 0.392 e. The molecule has 0 unspecified atom stereocenters. The quantitative estimate of drug-likeness (QED) is 0.630. The van der Waals surface area contributed by atoms with Crippen LogP contribution in [0.5, 0.6) is 0 Å². The van der Waals surface area contributed by atoms with E-state index in [2.05, 4.69) is 14.8 Å². The molecule has 0 aliphatic rings. The molecule has 1 N–H and O–H groups in total. The van der Waals surface area contributed by atoms with Crippen LogP contribution in [0.4, 0.5) is 4.79 Å². The van der Waals surface area contributed by atoms with Gasteiger partial charge in [-0.25, -0.2) is 9.59 Å². The van der Waals surface area contributed by atoms with E-state index in [1.165, 1.54) is 6.92 Å². The van der Waals surface area contributed by atoms with Gasteiger partial charge in [-0.1, -0.05) is 0 Å². The topological polar surface area (TPSA) is 77.1 Å². The van der Waals surface area contributed by atoms with Crippen LogP contribution in [0.2, 0.25) is 0 Å². The standard InChI is InChI=1S/C6H9N3O3/c1-3-7-5(10)9-6(11)12-4(2)8-9/h3H2,1-2H3,(H,7,10). The van der Waals surface area contributed by atoms with Gasteiger partial charge in [0.05, 0.1) is 0 Å². The van der Waals surface area contributed by atoms with Gasteiger partial charge in [0.1, 0.15) is 0 Å². The number of nitrogens with one attached hydrogen (secondary N) is 1. The molecule has 1 amide bonds. The second kappa shape index (κ2) is 3.21. The van der Waals surface area contributed by atoms with Crippen molar-refractivity contribution < 1.29 is 9.21 Å². The molecule has 0 aliphatic heterocycles. The van der Waals surface area contributed by atoms with Crippen LogP contribution >= 0.6 is 0 Å². The Morgan fingerprint density at radius 2 is 2.42 bits per heavy atom. The Balaban J connectivity index is 2.95. The van der Waals surface area contributed by atoms with Crippen molar-refractivity contribution in [2.75, 3.05) is 6.54 Å². The Morgan fingerprint density at radius 1 is 1.75 bits per heavy atom. The van der Waals surface area contributed by atoms with Crippen molar-refractivity contribution in [3.05, 3.63) is 16.4 Å². The lowest BCUT2D eigenvalue weighted by molar-refractivity contribution is 0.238. The number of rotatable bonds is 1. The highest BCUT2D eigenvalue weighted by Crippen LogP contribution is 1.84. The summed E-state index contributed by atoms with van der Waals surface area (Å²) in [6, 6.07) is -0.570. The predicted octanol–water partition coefficient (Wildman–Crippen LogP) is -0.278. The molecule has 0 spiro atoms. The van der Waals surface area contributed by atoms with E-state index in [4.69, 9.17) is 0 Å². The molecule has 6 heteroatoms. The van der Waals surface area contributed by atoms with Crippen molar-refractivity contribution in [1.82, 2.24) is 15.1 Å². The van der Waals surface area contributed by atoms with E-state index in [1.54, 1.807) is 6.92 Å². The van der Waals surface area contributed by atoms with E-state index in [1.807, 2.05) is 0 Å². The summed E-state index contributed by atoms with van der Waals surface area (Å²) in [5, 5.41) is 5.97. The lowest BCUT2D eigenvalue weighted by Gasteiger charge is -1.96. The number of aryl methyl sites for hydroxylation is 1. The molecule has 1 heterocycles. The van der Waals surface area contributed by atoms with E-state index >= 15 is 0 Å². The first-order valence-electron chi connectivity index (χ1n) is 3.50. The monoisotopic (exact) mass is 171 g/mol. The van der Waals surface area contributed by atoms with Crippen molar-refractivity contribution in [3.63, 3.8) is 0 Å². The number of nitrogens with zero attached hydrogens (tertiary/aromatic N) is 2. The number of amides is 1. The molecule has 0 aliphatic carbocycles. The van der Waals surface area contributed by atoms with E-state index in [9.17, 15) is 9.59 Å². The third kappa shape index (κ3) is 1.52. The minimum Gasteiger partial charge on any atom is -0.392 e. The van der Waals surface area contributed by atoms with E-state index in [0.717, 1.165) is 0 Å². The Morgan fingerprint density at radius 3 is 2.83 bits per heavy atom. The highest BCUT2D eigenvalue weighted by Gasteiger charge is 2.10. The fourth-order valence-corrected chi connectivity index (χ4v) is 0.726. The summed E-state index contributed by atoms with van der Waals surface area (Å²) in [6.45, 7) is 3.68. The molecule has 0 fully saturated rings. The van der Waals surface area contributed by atoms with Gasteiger partial charge >= 0.3 is 11.8 Å². The molecular formula is C6H9N3O3. The van der Waals surface area contributed by atoms with Crippen LogP contribution in [-0.4, -0.2) is 22.4 Å². The molecule has 0 radical (unpaired) electrons. The molecule has 0 saturated carbocycles. The number of carbonyl (C=O) groups is 1. The zero-order chi connectivity index (χ0) is 9.14. The molecule has 1 aromatic heterocycles. The number of aromatic nitrogens is 2. The number of hydrogen-bond acceptors (Lipinski definition) is 4.